The molecule has 0 spiro atoms. The minimum Gasteiger partial charge on any atom is -0.508 e. The monoisotopic (exact) mass is 780 g/mol. The number of Topliss-reactive ketones (excluding diaryl/α,β-unsaturated/α-hetero) is 2. The lowest BCUT2D eigenvalue weighted by Crippen LogP contribution is -2.65. The van der Waals surface area contributed by atoms with Gasteiger partial charge in [-0.05, 0) is 73.3 Å². The molecule has 3 aromatic carbocycles. The molecule has 0 amide bonds. The molecule has 0 saturated heterocycles. The molecule has 3 aliphatic carbocycles. The van der Waals surface area contributed by atoms with Crippen LogP contribution >= 0.6 is 0 Å². The van der Waals surface area contributed by atoms with Crippen LogP contribution in [0.4, 0.5) is 0 Å². The molecule has 0 radical (unpaired) electrons. The van der Waals surface area contributed by atoms with Crippen molar-refractivity contribution in [1.29, 1.82) is 0 Å². The molecule has 56 heavy (non-hydrogen) atoms. The van der Waals surface area contributed by atoms with Crippen molar-refractivity contribution in [2.45, 2.75) is 76.6 Å². The van der Waals surface area contributed by atoms with E-state index < -0.39 is 60.1 Å². The number of benzene rings is 3. The van der Waals surface area contributed by atoms with E-state index in [1.54, 1.807) is 0 Å². The number of methoxy groups -OCH3 is 1. The molecular weight excluding hydrogens is 733 g/mol. The Morgan fingerprint density at radius 2 is 1.59 bits per heavy atom. The van der Waals surface area contributed by atoms with E-state index >= 15 is 9.59 Å². The Bertz CT molecular complexity index is 2220. The SMILES string of the molecule is COc1cc(C(=O)O)c(OCc2ccccc2)c2c1C[C@H]1C[C@H]3[C@H](N(C)C)c4onc(OCc5ccccc5)c4C(=O)C3(O[Si](C)(C)C(C)(C)C)C(O)=C1C2=O. The van der Waals surface area contributed by atoms with E-state index in [2.05, 4.69) is 5.16 Å². The van der Waals surface area contributed by atoms with Gasteiger partial charge >= 0.3 is 5.97 Å². The molecule has 3 aliphatic rings. The van der Waals surface area contributed by atoms with Crippen LogP contribution < -0.4 is 14.2 Å². The predicted molar refractivity (Wildman–Crippen MR) is 209 cm³/mol. The molecule has 294 valence electrons. The van der Waals surface area contributed by atoms with E-state index in [9.17, 15) is 15.0 Å². The number of fused-ring (bicyclic) bond motifs is 4. The smallest absolute Gasteiger partial charge is 0.339 e. The number of aliphatic hydroxyl groups excluding tert-OH is 1. The van der Waals surface area contributed by atoms with E-state index in [0.29, 0.717) is 11.3 Å². The highest BCUT2D eigenvalue weighted by Gasteiger charge is 2.67. The number of carbonyl (C=O) groups is 3. The lowest BCUT2D eigenvalue weighted by molar-refractivity contribution is -0.0480. The summed E-state index contributed by atoms with van der Waals surface area (Å²) >= 11 is 0. The molecule has 0 fully saturated rings. The van der Waals surface area contributed by atoms with Crippen LogP contribution in [0.15, 0.2) is 82.6 Å². The van der Waals surface area contributed by atoms with Crippen molar-refractivity contribution >= 4 is 25.9 Å². The standard InChI is InChI=1S/C43H48N2O10Si/c1-42(2,3)56(7,8)55-43-29(34(45(4)5)37-33(39(43)48)40(44-54-37)53-23-25-17-13-10-14-18-25)20-26-19-27-30(51-6)21-28(41(49)50)36(32(27)35(46)31(26)38(43)47)52-22-24-15-11-9-12-16-24/h9-18,21,26,29,34,47H,19-20,22-23H2,1-8H3,(H,49,50)/t26-,29-,34-,43?/m0/s1. The van der Waals surface area contributed by atoms with Crippen LogP contribution in [-0.4, -0.2) is 72.9 Å². The fraction of sp³-hybridized carbons (Fsp3) is 0.395. The van der Waals surface area contributed by atoms with Crippen LogP contribution in [0.2, 0.25) is 18.1 Å². The van der Waals surface area contributed by atoms with Crippen molar-refractivity contribution in [2.75, 3.05) is 21.2 Å². The summed E-state index contributed by atoms with van der Waals surface area (Å²) in [6.07, 6.45) is 0.430. The summed E-state index contributed by atoms with van der Waals surface area (Å²) in [4.78, 5) is 45.4. The Labute approximate surface area is 327 Å². The van der Waals surface area contributed by atoms with Crippen molar-refractivity contribution in [3.63, 3.8) is 0 Å². The van der Waals surface area contributed by atoms with Gasteiger partial charge in [-0.25, -0.2) is 4.79 Å². The number of carbonyl (C=O) groups excluding carboxylic acids is 2. The van der Waals surface area contributed by atoms with Gasteiger partial charge in [0.2, 0.25) is 5.78 Å². The van der Waals surface area contributed by atoms with Crippen molar-refractivity contribution in [3.8, 4) is 17.4 Å². The van der Waals surface area contributed by atoms with Gasteiger partial charge in [-0.3, -0.25) is 14.5 Å². The first kappa shape index (κ1) is 39.0. The average Bonchev–Trinajstić information content (AvgIpc) is 3.57. The van der Waals surface area contributed by atoms with Gasteiger partial charge in [0.05, 0.1) is 18.7 Å². The van der Waals surface area contributed by atoms with E-state index in [-0.39, 0.29) is 65.7 Å². The maximum Gasteiger partial charge on any atom is 0.339 e. The molecule has 1 unspecified atom stereocenters. The first-order valence-corrected chi connectivity index (χ1v) is 21.6. The molecule has 7 rings (SSSR count). The number of allylic oxidation sites excluding steroid dienone is 1. The number of carboxylic acids is 1. The number of hydrogen-bond donors (Lipinski definition) is 2. The number of ether oxygens (including phenoxy) is 3. The number of nitrogens with zero attached hydrogens (tertiary/aromatic N) is 2. The van der Waals surface area contributed by atoms with Gasteiger partial charge in [0.25, 0.3) is 5.88 Å². The molecular formula is C43H48N2O10Si. The second-order valence-corrected chi connectivity index (χ2v) is 21.3. The maximum atomic E-state index is 15.5. The Hall–Kier alpha value is -5.24. The molecule has 1 heterocycles. The summed E-state index contributed by atoms with van der Waals surface area (Å²) in [5.41, 5.74) is -0.229. The fourth-order valence-corrected chi connectivity index (χ4v) is 9.65. The minimum atomic E-state index is -2.96. The quantitative estimate of drug-likeness (QED) is 0.142. The third-order valence-corrected chi connectivity index (χ3v) is 16.4. The second-order valence-electron chi connectivity index (χ2n) is 16.6. The number of aliphatic hydroxyl groups is 1. The van der Waals surface area contributed by atoms with Gasteiger partial charge in [-0.15, -0.1) is 0 Å². The Morgan fingerprint density at radius 1 is 0.982 bits per heavy atom. The lowest BCUT2D eigenvalue weighted by atomic mass is 9.58. The van der Waals surface area contributed by atoms with Crippen molar-refractivity contribution in [2.24, 2.45) is 11.8 Å². The van der Waals surface area contributed by atoms with Crippen LogP contribution in [0.1, 0.15) is 86.8 Å². The summed E-state index contributed by atoms with van der Waals surface area (Å²) in [5.74, 6) is -4.07. The number of rotatable bonds is 11. The van der Waals surface area contributed by atoms with Gasteiger partial charge in [0, 0.05) is 17.1 Å². The van der Waals surface area contributed by atoms with Crippen molar-refractivity contribution in [3.05, 3.63) is 117 Å². The number of aromatic carboxylic acids is 1. The highest BCUT2D eigenvalue weighted by atomic mass is 28.4. The van der Waals surface area contributed by atoms with E-state index in [4.69, 9.17) is 23.2 Å². The first-order chi connectivity index (χ1) is 26.5. The highest BCUT2D eigenvalue weighted by Crippen LogP contribution is 2.60. The third-order valence-electron chi connectivity index (χ3n) is 11.9. The van der Waals surface area contributed by atoms with E-state index in [1.807, 2.05) is 114 Å². The molecule has 12 nitrogen and oxygen atoms in total. The lowest BCUT2D eigenvalue weighted by Gasteiger charge is -2.55. The second kappa shape index (κ2) is 14.4. The number of aromatic nitrogens is 1. The predicted octanol–water partition coefficient (Wildman–Crippen LogP) is 7.99. The molecule has 1 aromatic heterocycles. The van der Waals surface area contributed by atoms with Crippen LogP contribution in [0.3, 0.4) is 0 Å². The summed E-state index contributed by atoms with van der Waals surface area (Å²) in [5, 5.41) is 27.2. The fourth-order valence-electron chi connectivity index (χ4n) is 8.20. The first-order valence-electron chi connectivity index (χ1n) is 18.7. The van der Waals surface area contributed by atoms with Gasteiger partial charge in [-0.1, -0.05) is 81.4 Å². The molecule has 4 aromatic rings. The largest absolute Gasteiger partial charge is 0.508 e. The highest BCUT2D eigenvalue weighted by molar-refractivity contribution is 6.74. The minimum absolute atomic E-state index is 0.0147. The van der Waals surface area contributed by atoms with Gasteiger partial charge in [0.1, 0.15) is 41.6 Å². The van der Waals surface area contributed by atoms with Gasteiger partial charge in [0.15, 0.2) is 25.5 Å². The summed E-state index contributed by atoms with van der Waals surface area (Å²) in [6, 6.07) is 19.4. The zero-order chi connectivity index (χ0) is 40.3. The zero-order valence-corrected chi connectivity index (χ0v) is 34.0. The molecule has 4 atom stereocenters. The van der Waals surface area contributed by atoms with E-state index in [1.165, 1.54) is 13.2 Å². The Balaban J connectivity index is 1.45. The Kier molecular flexibility index (Phi) is 10.0. The molecule has 0 saturated carbocycles. The summed E-state index contributed by atoms with van der Waals surface area (Å²) in [6.45, 7) is 10.2. The zero-order valence-electron chi connectivity index (χ0n) is 33.0. The van der Waals surface area contributed by atoms with Crippen LogP contribution in [-0.2, 0) is 24.1 Å². The van der Waals surface area contributed by atoms with Crippen LogP contribution in [0, 0.1) is 11.8 Å². The van der Waals surface area contributed by atoms with E-state index in [0.717, 1.165) is 11.1 Å². The number of ketones is 2. The summed E-state index contributed by atoms with van der Waals surface area (Å²) in [7, 11) is 2.18. The molecule has 13 heteroatoms. The topological polar surface area (TPSA) is 158 Å². The number of hydrogen-bond acceptors (Lipinski definition) is 11. The van der Waals surface area contributed by atoms with Gasteiger partial charge < -0.3 is 33.4 Å². The Morgan fingerprint density at radius 3 is 2.14 bits per heavy atom. The van der Waals surface area contributed by atoms with Crippen LogP contribution in [0.5, 0.6) is 17.4 Å². The van der Waals surface area contributed by atoms with Crippen LogP contribution in [0.25, 0.3) is 0 Å². The third kappa shape index (κ3) is 6.31. The van der Waals surface area contributed by atoms with Gasteiger partial charge in [-0.2, -0.15) is 0 Å². The normalized spacial score (nSPS) is 21.9. The molecule has 0 aliphatic heterocycles. The number of carboxylic acid groups (broad SMARTS) is 1. The maximum absolute atomic E-state index is 15.5. The molecule has 2 N–H and O–H groups in total. The average molecular weight is 781 g/mol. The summed E-state index contributed by atoms with van der Waals surface area (Å²) < 4.78 is 31.3. The molecule has 0 bridgehead atoms. The van der Waals surface area contributed by atoms with Crippen molar-refractivity contribution < 1.29 is 47.8 Å². The van der Waals surface area contributed by atoms with Crippen molar-refractivity contribution in [1.82, 2.24) is 10.1 Å².